The Morgan fingerprint density at radius 2 is 2.14 bits per heavy atom. The number of aromatic nitrogens is 1. The summed E-state index contributed by atoms with van der Waals surface area (Å²) in [7, 11) is 0. The maximum atomic E-state index is 5.48. The lowest BCUT2D eigenvalue weighted by atomic mass is 9.90. The van der Waals surface area contributed by atoms with Gasteiger partial charge in [-0.1, -0.05) is 18.2 Å². The van der Waals surface area contributed by atoms with E-state index in [0.29, 0.717) is 5.92 Å². The van der Waals surface area contributed by atoms with Crippen LogP contribution in [0.3, 0.4) is 0 Å². The molecule has 0 spiro atoms. The molecule has 0 aliphatic carbocycles. The molecule has 3 aromatic rings. The smallest absolute Gasteiger partial charge is 0.117 e. The summed E-state index contributed by atoms with van der Waals surface area (Å²) in [4.78, 5) is 5.92. The van der Waals surface area contributed by atoms with E-state index in [9.17, 15) is 0 Å². The standard InChI is InChI=1S/C18H20N2O/c1-2-8-18-16(7-1)17(11-19-18)14-5-3-9-20(12-14)13-15-6-4-10-21-15/h1-2,4,6-8,10-11,14,19H,3,5,9,12-13H2/t14-/m1/s1. The fourth-order valence-electron chi connectivity index (χ4n) is 3.51. The second kappa shape index (κ2) is 5.41. The molecular weight excluding hydrogens is 260 g/mol. The van der Waals surface area contributed by atoms with Gasteiger partial charge in [0.25, 0.3) is 0 Å². The van der Waals surface area contributed by atoms with E-state index >= 15 is 0 Å². The molecule has 3 heteroatoms. The summed E-state index contributed by atoms with van der Waals surface area (Å²) in [5.41, 5.74) is 2.71. The van der Waals surface area contributed by atoms with E-state index in [1.165, 1.54) is 35.9 Å². The number of para-hydroxylation sites is 1. The topological polar surface area (TPSA) is 32.2 Å². The van der Waals surface area contributed by atoms with Gasteiger partial charge >= 0.3 is 0 Å². The first-order valence-corrected chi connectivity index (χ1v) is 7.71. The quantitative estimate of drug-likeness (QED) is 0.782. The Labute approximate surface area is 124 Å². The zero-order valence-electron chi connectivity index (χ0n) is 12.1. The minimum absolute atomic E-state index is 0.616. The van der Waals surface area contributed by atoms with Crippen LogP contribution < -0.4 is 0 Å². The Bertz CT molecular complexity index is 714. The average molecular weight is 280 g/mol. The number of furan rings is 1. The van der Waals surface area contributed by atoms with Gasteiger partial charge in [-0.3, -0.25) is 4.90 Å². The molecule has 1 saturated heterocycles. The van der Waals surface area contributed by atoms with Crippen LogP contribution in [0.2, 0.25) is 0 Å². The Morgan fingerprint density at radius 1 is 1.19 bits per heavy atom. The number of likely N-dealkylation sites (tertiary alicyclic amines) is 1. The van der Waals surface area contributed by atoms with Crippen LogP contribution in [-0.2, 0) is 6.54 Å². The van der Waals surface area contributed by atoms with E-state index in [-0.39, 0.29) is 0 Å². The Kier molecular flexibility index (Phi) is 3.28. The van der Waals surface area contributed by atoms with Crippen molar-refractivity contribution in [3.8, 4) is 0 Å². The van der Waals surface area contributed by atoms with Crippen LogP contribution >= 0.6 is 0 Å². The highest BCUT2D eigenvalue weighted by atomic mass is 16.3. The lowest BCUT2D eigenvalue weighted by molar-refractivity contribution is 0.187. The van der Waals surface area contributed by atoms with Crippen LogP contribution in [0.5, 0.6) is 0 Å². The zero-order valence-corrected chi connectivity index (χ0v) is 12.1. The van der Waals surface area contributed by atoms with E-state index in [1.54, 1.807) is 6.26 Å². The van der Waals surface area contributed by atoms with Gasteiger partial charge < -0.3 is 9.40 Å². The highest BCUT2D eigenvalue weighted by Crippen LogP contribution is 2.32. The Hall–Kier alpha value is -2.00. The van der Waals surface area contributed by atoms with Crippen molar-refractivity contribution in [1.82, 2.24) is 9.88 Å². The molecule has 4 rings (SSSR count). The van der Waals surface area contributed by atoms with Crippen LogP contribution in [-0.4, -0.2) is 23.0 Å². The van der Waals surface area contributed by atoms with Crippen molar-refractivity contribution in [3.63, 3.8) is 0 Å². The van der Waals surface area contributed by atoms with Gasteiger partial charge in [0.05, 0.1) is 12.8 Å². The monoisotopic (exact) mass is 280 g/mol. The first kappa shape index (κ1) is 12.7. The maximum absolute atomic E-state index is 5.48. The van der Waals surface area contributed by atoms with Crippen molar-refractivity contribution in [2.45, 2.75) is 25.3 Å². The number of piperidine rings is 1. The predicted octanol–water partition coefficient (Wildman–Crippen LogP) is 4.14. The highest BCUT2D eigenvalue weighted by Gasteiger charge is 2.23. The first-order chi connectivity index (χ1) is 10.4. The third-order valence-electron chi connectivity index (χ3n) is 4.53. The summed E-state index contributed by atoms with van der Waals surface area (Å²) in [5.74, 6) is 1.68. The molecule has 0 amide bonds. The molecule has 1 aromatic carbocycles. The molecule has 0 bridgehead atoms. The molecule has 0 unspecified atom stereocenters. The molecular formula is C18H20N2O. The fraction of sp³-hybridized carbons (Fsp3) is 0.333. The van der Waals surface area contributed by atoms with Crippen molar-refractivity contribution in [2.24, 2.45) is 0 Å². The van der Waals surface area contributed by atoms with Crippen LogP contribution in [0, 0.1) is 0 Å². The van der Waals surface area contributed by atoms with Gasteiger partial charge in [0.2, 0.25) is 0 Å². The summed E-state index contributed by atoms with van der Waals surface area (Å²) < 4.78 is 5.48. The van der Waals surface area contributed by atoms with Gasteiger partial charge in [-0.15, -0.1) is 0 Å². The number of hydrogen-bond donors (Lipinski definition) is 1. The largest absolute Gasteiger partial charge is 0.468 e. The number of H-pyrrole nitrogens is 1. The summed E-state index contributed by atoms with van der Waals surface area (Å²) in [5, 5.41) is 1.38. The molecule has 1 fully saturated rings. The average Bonchev–Trinajstić information content (AvgIpc) is 3.16. The van der Waals surface area contributed by atoms with E-state index in [2.05, 4.69) is 46.4 Å². The number of nitrogens with one attached hydrogen (secondary N) is 1. The Balaban J connectivity index is 1.55. The van der Waals surface area contributed by atoms with Gasteiger partial charge in [0.15, 0.2) is 0 Å². The van der Waals surface area contributed by atoms with Gasteiger partial charge in [-0.25, -0.2) is 0 Å². The maximum Gasteiger partial charge on any atom is 0.117 e. The third-order valence-corrected chi connectivity index (χ3v) is 4.53. The second-order valence-corrected chi connectivity index (χ2v) is 5.94. The van der Waals surface area contributed by atoms with E-state index in [1.807, 2.05) is 6.07 Å². The SMILES string of the molecule is c1coc(CN2CCC[C@@H](c3c[nH]c4ccccc34)C2)c1. The lowest BCUT2D eigenvalue weighted by Crippen LogP contribution is -2.33. The summed E-state index contributed by atoms with van der Waals surface area (Å²) >= 11 is 0. The van der Waals surface area contributed by atoms with Crippen LogP contribution in [0.1, 0.15) is 30.1 Å². The van der Waals surface area contributed by atoms with Crippen LogP contribution in [0.4, 0.5) is 0 Å². The number of nitrogens with zero attached hydrogens (tertiary/aromatic N) is 1. The molecule has 3 heterocycles. The van der Waals surface area contributed by atoms with Gasteiger partial charge in [0.1, 0.15) is 5.76 Å². The van der Waals surface area contributed by atoms with Crippen LogP contribution in [0.15, 0.2) is 53.3 Å². The normalized spacial score (nSPS) is 20.1. The molecule has 0 saturated carbocycles. The van der Waals surface area contributed by atoms with Gasteiger partial charge in [-0.05, 0) is 49.1 Å². The zero-order chi connectivity index (χ0) is 14.1. The number of fused-ring (bicyclic) bond motifs is 1. The van der Waals surface area contributed by atoms with Gasteiger partial charge in [-0.2, -0.15) is 0 Å². The Morgan fingerprint density at radius 3 is 3.05 bits per heavy atom. The lowest BCUT2D eigenvalue weighted by Gasteiger charge is -2.32. The molecule has 1 aliphatic rings. The minimum atomic E-state index is 0.616. The van der Waals surface area contributed by atoms with Crippen LogP contribution in [0.25, 0.3) is 10.9 Å². The molecule has 1 N–H and O–H groups in total. The first-order valence-electron chi connectivity index (χ1n) is 7.71. The third kappa shape index (κ3) is 2.49. The predicted molar refractivity (Wildman–Crippen MR) is 84.3 cm³/mol. The number of hydrogen-bond acceptors (Lipinski definition) is 2. The summed E-state index contributed by atoms with van der Waals surface area (Å²) in [6.07, 6.45) is 6.49. The molecule has 0 radical (unpaired) electrons. The summed E-state index contributed by atoms with van der Waals surface area (Å²) in [6, 6.07) is 12.6. The molecule has 21 heavy (non-hydrogen) atoms. The fourth-order valence-corrected chi connectivity index (χ4v) is 3.51. The van der Waals surface area contributed by atoms with Crippen molar-refractivity contribution in [1.29, 1.82) is 0 Å². The van der Waals surface area contributed by atoms with Crippen molar-refractivity contribution in [3.05, 3.63) is 60.2 Å². The molecule has 2 aromatic heterocycles. The second-order valence-electron chi connectivity index (χ2n) is 5.94. The van der Waals surface area contributed by atoms with E-state index in [4.69, 9.17) is 4.42 Å². The van der Waals surface area contributed by atoms with Crippen molar-refractivity contribution >= 4 is 10.9 Å². The number of benzene rings is 1. The molecule has 108 valence electrons. The minimum Gasteiger partial charge on any atom is -0.468 e. The van der Waals surface area contributed by atoms with Crippen molar-refractivity contribution < 1.29 is 4.42 Å². The molecule has 1 atom stereocenters. The summed E-state index contributed by atoms with van der Waals surface area (Å²) in [6.45, 7) is 3.20. The number of aromatic amines is 1. The molecule has 3 nitrogen and oxygen atoms in total. The van der Waals surface area contributed by atoms with Gasteiger partial charge in [0, 0.05) is 23.6 Å². The van der Waals surface area contributed by atoms with E-state index < -0.39 is 0 Å². The van der Waals surface area contributed by atoms with E-state index in [0.717, 1.165) is 18.8 Å². The molecule has 1 aliphatic heterocycles. The number of rotatable bonds is 3. The van der Waals surface area contributed by atoms with Crippen molar-refractivity contribution in [2.75, 3.05) is 13.1 Å². The highest BCUT2D eigenvalue weighted by molar-refractivity contribution is 5.83.